The van der Waals surface area contributed by atoms with Gasteiger partial charge in [0.1, 0.15) is 10.7 Å². The molecule has 2 rings (SSSR count). The molecule has 0 radical (unpaired) electrons. The standard InChI is InChI=1S/C13H11ClN2O2S/c1-7-9(4-5-18-7)13(17)16-11-6-8(12(15)19)2-3-10(11)14/h2-6H,1H3,(H2,15,19)(H,16,17). The van der Waals surface area contributed by atoms with Crippen LogP contribution in [-0.4, -0.2) is 10.9 Å². The van der Waals surface area contributed by atoms with E-state index >= 15 is 0 Å². The lowest BCUT2D eigenvalue weighted by Gasteiger charge is -2.08. The summed E-state index contributed by atoms with van der Waals surface area (Å²) in [5.41, 5.74) is 7.09. The molecule has 1 heterocycles. The summed E-state index contributed by atoms with van der Waals surface area (Å²) in [6.45, 7) is 1.71. The first-order valence-corrected chi connectivity index (χ1v) is 6.22. The van der Waals surface area contributed by atoms with Crippen molar-refractivity contribution < 1.29 is 9.21 Å². The quantitative estimate of drug-likeness (QED) is 0.854. The van der Waals surface area contributed by atoms with E-state index in [1.54, 1.807) is 31.2 Å². The van der Waals surface area contributed by atoms with Gasteiger partial charge in [-0.1, -0.05) is 29.9 Å². The minimum absolute atomic E-state index is 0.242. The maximum absolute atomic E-state index is 12.0. The van der Waals surface area contributed by atoms with E-state index < -0.39 is 0 Å². The molecule has 0 bridgehead atoms. The third kappa shape index (κ3) is 2.94. The first-order valence-electron chi connectivity index (χ1n) is 5.44. The zero-order valence-electron chi connectivity index (χ0n) is 10.1. The number of benzene rings is 1. The summed E-state index contributed by atoms with van der Waals surface area (Å²) in [6, 6.07) is 6.56. The van der Waals surface area contributed by atoms with Crippen LogP contribution in [0.25, 0.3) is 0 Å². The Labute approximate surface area is 120 Å². The van der Waals surface area contributed by atoms with Crippen molar-refractivity contribution >= 4 is 40.4 Å². The number of hydrogen-bond donors (Lipinski definition) is 2. The molecule has 0 aliphatic rings. The number of anilines is 1. The van der Waals surface area contributed by atoms with Gasteiger partial charge in [0.15, 0.2) is 0 Å². The number of rotatable bonds is 3. The summed E-state index contributed by atoms with van der Waals surface area (Å²) in [5.74, 6) is 0.243. The van der Waals surface area contributed by atoms with Crippen molar-refractivity contribution in [1.82, 2.24) is 0 Å². The van der Waals surface area contributed by atoms with Crippen LogP contribution in [0.5, 0.6) is 0 Å². The average Bonchev–Trinajstić information content (AvgIpc) is 2.78. The smallest absolute Gasteiger partial charge is 0.259 e. The topological polar surface area (TPSA) is 68.3 Å². The third-order valence-corrected chi connectivity index (χ3v) is 3.17. The van der Waals surface area contributed by atoms with Crippen LogP contribution in [0.3, 0.4) is 0 Å². The number of carbonyl (C=O) groups is 1. The van der Waals surface area contributed by atoms with Crippen molar-refractivity contribution in [3.63, 3.8) is 0 Å². The highest BCUT2D eigenvalue weighted by Crippen LogP contribution is 2.24. The molecule has 0 saturated carbocycles. The number of halogens is 1. The number of thiocarbonyl (C=S) groups is 1. The fourth-order valence-corrected chi connectivity index (χ4v) is 1.88. The number of aryl methyl sites for hydroxylation is 1. The van der Waals surface area contributed by atoms with Gasteiger partial charge in [-0.05, 0) is 25.1 Å². The maximum Gasteiger partial charge on any atom is 0.259 e. The van der Waals surface area contributed by atoms with Crippen molar-refractivity contribution in [2.75, 3.05) is 5.32 Å². The average molecular weight is 295 g/mol. The van der Waals surface area contributed by atoms with Gasteiger partial charge in [0.2, 0.25) is 0 Å². The molecule has 0 aliphatic heterocycles. The molecule has 1 aromatic carbocycles. The van der Waals surface area contributed by atoms with Gasteiger partial charge in [0.05, 0.1) is 22.5 Å². The molecule has 2 aromatic rings. The van der Waals surface area contributed by atoms with Gasteiger partial charge in [-0.15, -0.1) is 0 Å². The molecular formula is C13H11ClN2O2S. The molecule has 0 spiro atoms. The normalized spacial score (nSPS) is 10.2. The molecule has 98 valence electrons. The number of amides is 1. The molecule has 4 nitrogen and oxygen atoms in total. The van der Waals surface area contributed by atoms with Crippen LogP contribution >= 0.6 is 23.8 Å². The molecule has 0 atom stereocenters. The molecule has 6 heteroatoms. The van der Waals surface area contributed by atoms with E-state index in [1.807, 2.05) is 0 Å². The van der Waals surface area contributed by atoms with E-state index in [9.17, 15) is 4.79 Å². The van der Waals surface area contributed by atoms with Crippen LogP contribution in [0, 0.1) is 6.92 Å². The van der Waals surface area contributed by atoms with E-state index in [1.165, 1.54) is 6.26 Å². The Kier molecular flexibility index (Phi) is 3.87. The molecular weight excluding hydrogens is 284 g/mol. The van der Waals surface area contributed by atoms with Crippen molar-refractivity contribution in [2.24, 2.45) is 5.73 Å². The Bertz CT molecular complexity index is 652. The van der Waals surface area contributed by atoms with E-state index in [2.05, 4.69) is 5.32 Å². The first-order chi connectivity index (χ1) is 8.99. The van der Waals surface area contributed by atoms with Crippen molar-refractivity contribution in [2.45, 2.75) is 6.92 Å². The van der Waals surface area contributed by atoms with Crippen LogP contribution in [0.1, 0.15) is 21.7 Å². The van der Waals surface area contributed by atoms with Gasteiger partial charge < -0.3 is 15.5 Å². The lowest BCUT2D eigenvalue weighted by atomic mass is 10.2. The minimum atomic E-state index is -0.298. The molecule has 1 aromatic heterocycles. The second-order valence-electron chi connectivity index (χ2n) is 3.90. The fraction of sp³-hybridized carbons (Fsp3) is 0.0769. The van der Waals surface area contributed by atoms with Crippen LogP contribution in [0.15, 0.2) is 34.9 Å². The number of furan rings is 1. The molecule has 1 amide bonds. The van der Waals surface area contributed by atoms with E-state index in [0.717, 1.165) is 0 Å². The second kappa shape index (κ2) is 5.42. The Hall–Kier alpha value is -1.85. The lowest BCUT2D eigenvalue weighted by Crippen LogP contribution is -2.14. The Morgan fingerprint density at radius 1 is 1.42 bits per heavy atom. The van der Waals surface area contributed by atoms with Gasteiger partial charge >= 0.3 is 0 Å². The Balaban J connectivity index is 2.28. The van der Waals surface area contributed by atoms with E-state index in [-0.39, 0.29) is 10.9 Å². The highest BCUT2D eigenvalue weighted by Gasteiger charge is 2.13. The first kappa shape index (κ1) is 13.6. The third-order valence-electron chi connectivity index (χ3n) is 2.60. The molecule has 0 fully saturated rings. The number of nitrogens with two attached hydrogens (primary N) is 1. The predicted molar refractivity (Wildman–Crippen MR) is 78.7 cm³/mol. The van der Waals surface area contributed by atoms with Gasteiger partial charge in [0.25, 0.3) is 5.91 Å². The Morgan fingerprint density at radius 2 is 2.16 bits per heavy atom. The largest absolute Gasteiger partial charge is 0.469 e. The van der Waals surface area contributed by atoms with Gasteiger partial charge in [-0.2, -0.15) is 0 Å². The highest BCUT2D eigenvalue weighted by atomic mass is 35.5. The number of nitrogens with one attached hydrogen (secondary N) is 1. The summed E-state index contributed by atoms with van der Waals surface area (Å²) in [5, 5.41) is 3.11. The van der Waals surface area contributed by atoms with Crippen LogP contribution in [0.2, 0.25) is 5.02 Å². The minimum Gasteiger partial charge on any atom is -0.469 e. The summed E-state index contributed by atoms with van der Waals surface area (Å²) >= 11 is 10.9. The molecule has 3 N–H and O–H groups in total. The molecule has 19 heavy (non-hydrogen) atoms. The van der Waals surface area contributed by atoms with Crippen LogP contribution < -0.4 is 11.1 Å². The van der Waals surface area contributed by atoms with Gasteiger partial charge in [-0.3, -0.25) is 4.79 Å². The molecule has 0 unspecified atom stereocenters. The van der Waals surface area contributed by atoms with Gasteiger partial charge in [-0.25, -0.2) is 0 Å². The lowest BCUT2D eigenvalue weighted by molar-refractivity contribution is 0.102. The zero-order valence-corrected chi connectivity index (χ0v) is 11.6. The summed E-state index contributed by atoms with van der Waals surface area (Å²) in [7, 11) is 0. The number of hydrogen-bond acceptors (Lipinski definition) is 3. The second-order valence-corrected chi connectivity index (χ2v) is 4.75. The van der Waals surface area contributed by atoms with Crippen molar-refractivity contribution in [1.29, 1.82) is 0 Å². The van der Waals surface area contributed by atoms with E-state index in [4.69, 9.17) is 34.0 Å². The summed E-state index contributed by atoms with van der Waals surface area (Å²) in [6.07, 6.45) is 1.46. The molecule has 0 saturated heterocycles. The predicted octanol–water partition coefficient (Wildman–Crippen LogP) is 3.13. The van der Waals surface area contributed by atoms with E-state index in [0.29, 0.717) is 27.6 Å². The number of carbonyl (C=O) groups excluding carboxylic acids is 1. The fourth-order valence-electron chi connectivity index (χ4n) is 1.58. The maximum atomic E-state index is 12.0. The molecule has 0 aliphatic carbocycles. The zero-order chi connectivity index (χ0) is 14.0. The Morgan fingerprint density at radius 3 is 2.74 bits per heavy atom. The highest BCUT2D eigenvalue weighted by molar-refractivity contribution is 7.80. The summed E-state index contributed by atoms with van der Waals surface area (Å²) in [4.78, 5) is 12.3. The van der Waals surface area contributed by atoms with Crippen molar-refractivity contribution in [3.8, 4) is 0 Å². The summed E-state index contributed by atoms with van der Waals surface area (Å²) < 4.78 is 5.08. The van der Waals surface area contributed by atoms with Gasteiger partial charge in [0, 0.05) is 5.56 Å². The monoisotopic (exact) mass is 294 g/mol. The van der Waals surface area contributed by atoms with Crippen molar-refractivity contribution in [3.05, 3.63) is 52.4 Å². The van der Waals surface area contributed by atoms with Crippen LogP contribution in [-0.2, 0) is 0 Å². The SMILES string of the molecule is Cc1occc1C(=O)Nc1cc(C(N)=S)ccc1Cl. The van der Waals surface area contributed by atoms with Crippen LogP contribution in [0.4, 0.5) is 5.69 Å².